The molecule has 0 amide bonds. The summed E-state index contributed by atoms with van der Waals surface area (Å²) in [5, 5.41) is 0. The zero-order chi connectivity index (χ0) is 13.1. The van der Waals surface area contributed by atoms with Crippen molar-refractivity contribution < 1.29 is 0 Å². The van der Waals surface area contributed by atoms with Gasteiger partial charge in [-0.05, 0) is 55.1 Å². The average Bonchev–Trinajstić information content (AvgIpc) is 2.84. The fourth-order valence-electron chi connectivity index (χ4n) is 3.65. The topological polar surface area (TPSA) is 30.9 Å². The summed E-state index contributed by atoms with van der Waals surface area (Å²) in [6.07, 6.45) is 3.70. The lowest BCUT2D eigenvalue weighted by atomic mass is 9.74. The van der Waals surface area contributed by atoms with Crippen molar-refractivity contribution in [3.8, 4) is 0 Å². The lowest BCUT2D eigenvalue weighted by Crippen LogP contribution is -2.30. The lowest BCUT2D eigenvalue weighted by Gasteiger charge is -2.34. The van der Waals surface area contributed by atoms with Gasteiger partial charge in [0, 0.05) is 24.0 Å². The monoisotopic (exact) mass is 246 g/mol. The minimum absolute atomic E-state index is 0.236. The zero-order valence-electron chi connectivity index (χ0n) is 12.2. The Labute approximate surface area is 111 Å². The van der Waals surface area contributed by atoms with Crippen LogP contribution in [0.25, 0.3) is 0 Å². The van der Waals surface area contributed by atoms with E-state index in [1.165, 1.54) is 36.3 Å². The van der Waals surface area contributed by atoms with Gasteiger partial charge < -0.3 is 10.3 Å². The highest BCUT2D eigenvalue weighted by molar-refractivity contribution is 5.34. The fraction of sp³-hybridized carbons (Fsp3) is 0.750. The van der Waals surface area contributed by atoms with Crippen LogP contribution in [-0.4, -0.2) is 4.57 Å². The molecule has 0 spiro atoms. The molecule has 1 fully saturated rings. The first kappa shape index (κ1) is 12.3. The van der Waals surface area contributed by atoms with Gasteiger partial charge in [0.2, 0.25) is 0 Å². The summed E-state index contributed by atoms with van der Waals surface area (Å²) >= 11 is 0. The van der Waals surface area contributed by atoms with Gasteiger partial charge in [-0.15, -0.1) is 0 Å². The summed E-state index contributed by atoms with van der Waals surface area (Å²) in [4.78, 5) is 0. The van der Waals surface area contributed by atoms with Crippen molar-refractivity contribution in [1.82, 2.24) is 4.57 Å². The van der Waals surface area contributed by atoms with Gasteiger partial charge in [-0.3, -0.25) is 0 Å². The van der Waals surface area contributed by atoms with Gasteiger partial charge in [0.05, 0.1) is 0 Å². The van der Waals surface area contributed by atoms with E-state index in [-0.39, 0.29) is 6.04 Å². The molecule has 18 heavy (non-hydrogen) atoms. The Balaban J connectivity index is 1.95. The van der Waals surface area contributed by atoms with Crippen molar-refractivity contribution >= 4 is 0 Å². The molecule has 3 unspecified atom stereocenters. The molecule has 1 saturated carbocycles. The molecular formula is C16H26N2. The molecular weight excluding hydrogens is 220 g/mol. The third kappa shape index (κ3) is 2.01. The van der Waals surface area contributed by atoms with Gasteiger partial charge in [0.25, 0.3) is 0 Å². The molecule has 2 N–H and O–H groups in total. The van der Waals surface area contributed by atoms with Crippen molar-refractivity contribution in [3.63, 3.8) is 0 Å². The Morgan fingerprint density at radius 1 is 1.44 bits per heavy atom. The van der Waals surface area contributed by atoms with Crippen LogP contribution in [0, 0.1) is 24.2 Å². The molecule has 0 aromatic carbocycles. The maximum Gasteiger partial charge on any atom is 0.0318 e. The Hall–Kier alpha value is -0.760. The number of rotatable bonds is 2. The van der Waals surface area contributed by atoms with E-state index in [4.69, 9.17) is 5.73 Å². The first-order valence-electron chi connectivity index (χ1n) is 7.32. The van der Waals surface area contributed by atoms with Crippen LogP contribution in [0.15, 0.2) is 6.07 Å². The highest BCUT2D eigenvalue weighted by Gasteiger charge is 2.37. The fourth-order valence-corrected chi connectivity index (χ4v) is 3.65. The Bertz CT molecular complexity index is 470. The van der Waals surface area contributed by atoms with E-state index in [0.29, 0.717) is 5.41 Å². The van der Waals surface area contributed by atoms with Crippen LogP contribution in [0.2, 0.25) is 0 Å². The summed E-state index contributed by atoms with van der Waals surface area (Å²) in [6.45, 7) is 10.5. The Morgan fingerprint density at radius 2 is 2.11 bits per heavy atom. The maximum atomic E-state index is 6.36. The standard InChI is InChI=1S/C16H26N2/c1-10-5-12(10)9-18-11(2)6-13-14(17)7-16(3,4)8-15(13)18/h6,10,12,14H,5,7-9,17H2,1-4H3. The van der Waals surface area contributed by atoms with E-state index < -0.39 is 0 Å². The molecule has 0 aliphatic heterocycles. The SMILES string of the molecule is Cc1cc2c(n1CC1CC1C)CC(C)(C)CC2N. The van der Waals surface area contributed by atoms with Gasteiger partial charge >= 0.3 is 0 Å². The van der Waals surface area contributed by atoms with E-state index >= 15 is 0 Å². The number of hydrogen-bond donors (Lipinski definition) is 1. The number of hydrogen-bond acceptors (Lipinski definition) is 1. The van der Waals surface area contributed by atoms with Gasteiger partial charge in [-0.2, -0.15) is 0 Å². The number of fused-ring (bicyclic) bond motifs is 1. The van der Waals surface area contributed by atoms with Crippen molar-refractivity contribution in [2.75, 3.05) is 0 Å². The van der Waals surface area contributed by atoms with Crippen LogP contribution in [0.3, 0.4) is 0 Å². The molecule has 2 nitrogen and oxygen atoms in total. The number of aryl methyl sites for hydroxylation is 1. The zero-order valence-corrected chi connectivity index (χ0v) is 12.2. The average molecular weight is 246 g/mol. The molecule has 100 valence electrons. The molecule has 0 radical (unpaired) electrons. The number of nitrogens with two attached hydrogens (primary N) is 1. The quantitative estimate of drug-likeness (QED) is 0.851. The van der Waals surface area contributed by atoms with E-state index in [0.717, 1.165) is 18.3 Å². The van der Waals surface area contributed by atoms with Gasteiger partial charge in [-0.1, -0.05) is 20.8 Å². The first-order valence-corrected chi connectivity index (χ1v) is 7.32. The molecule has 3 atom stereocenters. The second-order valence-corrected chi connectivity index (χ2v) is 7.42. The lowest BCUT2D eigenvalue weighted by molar-refractivity contribution is 0.274. The Morgan fingerprint density at radius 3 is 2.72 bits per heavy atom. The Kier molecular flexibility index (Phi) is 2.64. The van der Waals surface area contributed by atoms with Crippen LogP contribution < -0.4 is 5.73 Å². The number of nitrogens with zero attached hydrogens (tertiary/aromatic N) is 1. The molecule has 1 aromatic rings. The largest absolute Gasteiger partial charge is 0.348 e. The van der Waals surface area contributed by atoms with Gasteiger partial charge in [0.15, 0.2) is 0 Å². The smallest absolute Gasteiger partial charge is 0.0318 e. The molecule has 0 bridgehead atoms. The minimum atomic E-state index is 0.236. The maximum absolute atomic E-state index is 6.36. The highest BCUT2D eigenvalue weighted by Crippen LogP contribution is 2.44. The second kappa shape index (κ2) is 3.86. The minimum Gasteiger partial charge on any atom is -0.348 e. The van der Waals surface area contributed by atoms with Crippen molar-refractivity contribution in [3.05, 3.63) is 23.0 Å². The first-order chi connectivity index (χ1) is 8.37. The van der Waals surface area contributed by atoms with E-state index in [1.54, 1.807) is 0 Å². The molecule has 1 aromatic heterocycles. The van der Waals surface area contributed by atoms with Crippen LogP contribution in [-0.2, 0) is 13.0 Å². The molecule has 2 aliphatic carbocycles. The summed E-state index contributed by atoms with van der Waals surface area (Å²) in [6, 6.07) is 2.57. The normalized spacial score (nSPS) is 33.3. The molecule has 1 heterocycles. The van der Waals surface area contributed by atoms with E-state index in [2.05, 4.69) is 38.3 Å². The van der Waals surface area contributed by atoms with Crippen LogP contribution in [0.1, 0.15) is 56.6 Å². The summed E-state index contributed by atoms with van der Waals surface area (Å²) in [5.74, 6) is 1.83. The van der Waals surface area contributed by atoms with E-state index in [9.17, 15) is 0 Å². The van der Waals surface area contributed by atoms with Gasteiger partial charge in [-0.25, -0.2) is 0 Å². The number of aromatic nitrogens is 1. The summed E-state index contributed by atoms with van der Waals surface area (Å²) < 4.78 is 2.56. The predicted molar refractivity (Wildman–Crippen MR) is 75.5 cm³/mol. The van der Waals surface area contributed by atoms with Crippen LogP contribution in [0.4, 0.5) is 0 Å². The van der Waals surface area contributed by atoms with Gasteiger partial charge in [0.1, 0.15) is 0 Å². The summed E-state index contributed by atoms with van der Waals surface area (Å²) in [5.41, 5.74) is 11.1. The van der Waals surface area contributed by atoms with Crippen LogP contribution >= 0.6 is 0 Å². The van der Waals surface area contributed by atoms with E-state index in [1.807, 2.05) is 0 Å². The molecule has 2 aliphatic rings. The molecule has 2 heteroatoms. The second-order valence-electron chi connectivity index (χ2n) is 7.42. The third-order valence-electron chi connectivity index (χ3n) is 4.96. The van der Waals surface area contributed by atoms with Crippen LogP contribution in [0.5, 0.6) is 0 Å². The van der Waals surface area contributed by atoms with Crippen molar-refractivity contribution in [2.45, 2.75) is 59.5 Å². The molecule has 3 rings (SSSR count). The summed E-state index contributed by atoms with van der Waals surface area (Å²) in [7, 11) is 0. The third-order valence-corrected chi connectivity index (χ3v) is 4.96. The predicted octanol–water partition coefficient (Wildman–Crippen LogP) is 3.42. The van der Waals surface area contributed by atoms with Crippen molar-refractivity contribution in [1.29, 1.82) is 0 Å². The highest BCUT2D eigenvalue weighted by atomic mass is 15.0. The van der Waals surface area contributed by atoms with Crippen molar-refractivity contribution in [2.24, 2.45) is 23.0 Å². The molecule has 0 saturated heterocycles.